The van der Waals surface area contributed by atoms with E-state index in [1.165, 1.54) is 12.8 Å². The van der Waals surface area contributed by atoms with Gasteiger partial charge in [-0.1, -0.05) is 38.7 Å². The van der Waals surface area contributed by atoms with E-state index in [2.05, 4.69) is 16.6 Å². The van der Waals surface area contributed by atoms with Gasteiger partial charge < -0.3 is 0 Å². The van der Waals surface area contributed by atoms with Crippen molar-refractivity contribution in [2.75, 3.05) is 10.5 Å². The molecule has 0 radical (unpaired) electrons. The quantitative estimate of drug-likeness (QED) is 0.728. The molecule has 0 aliphatic heterocycles. The van der Waals surface area contributed by atoms with Crippen LogP contribution in [0.3, 0.4) is 0 Å². The zero-order valence-corrected chi connectivity index (χ0v) is 11.0. The van der Waals surface area contributed by atoms with Crippen LogP contribution < -0.4 is 4.72 Å². The number of hydrogen-bond donors (Lipinski definition) is 1. The summed E-state index contributed by atoms with van der Waals surface area (Å²) in [6, 6.07) is 5.16. The van der Waals surface area contributed by atoms with E-state index in [9.17, 15) is 8.42 Å². The van der Waals surface area contributed by atoms with Gasteiger partial charge in [0.2, 0.25) is 10.0 Å². The number of aromatic nitrogens is 1. The van der Waals surface area contributed by atoms with Crippen molar-refractivity contribution in [3.8, 4) is 0 Å². The Labute approximate surface area is 104 Å². The molecular formula is C12H20N2O2S. The summed E-state index contributed by atoms with van der Waals surface area (Å²) in [5, 5.41) is 0. The Morgan fingerprint density at radius 3 is 2.59 bits per heavy atom. The van der Waals surface area contributed by atoms with Crippen molar-refractivity contribution in [1.82, 2.24) is 4.98 Å². The number of anilines is 1. The van der Waals surface area contributed by atoms with E-state index in [1.54, 1.807) is 24.4 Å². The van der Waals surface area contributed by atoms with Crippen LogP contribution >= 0.6 is 0 Å². The number of sulfonamides is 1. The molecule has 0 bridgehead atoms. The molecule has 0 aliphatic carbocycles. The second kappa shape index (κ2) is 7.27. The monoisotopic (exact) mass is 256 g/mol. The standard InChI is InChI=1S/C12H20N2O2S/c1-2-3-4-5-8-11-17(15,16)14-12-9-6-7-10-13-12/h6-7,9-10H,2-5,8,11H2,1H3,(H,13,14). The lowest BCUT2D eigenvalue weighted by molar-refractivity contribution is 0.591. The van der Waals surface area contributed by atoms with Crippen LogP contribution in [0.4, 0.5) is 5.82 Å². The zero-order chi connectivity index (χ0) is 12.6. The lowest BCUT2D eigenvalue weighted by atomic mass is 10.2. The van der Waals surface area contributed by atoms with E-state index in [1.807, 2.05) is 0 Å². The van der Waals surface area contributed by atoms with Crippen molar-refractivity contribution in [3.05, 3.63) is 24.4 Å². The second-order valence-electron chi connectivity index (χ2n) is 4.05. The summed E-state index contributed by atoms with van der Waals surface area (Å²) in [6.07, 6.45) is 6.69. The number of unbranched alkanes of at least 4 members (excludes halogenated alkanes) is 4. The van der Waals surface area contributed by atoms with Crippen LogP contribution in [0, 0.1) is 0 Å². The Balaban J connectivity index is 2.32. The average molecular weight is 256 g/mol. The van der Waals surface area contributed by atoms with E-state index >= 15 is 0 Å². The third-order valence-corrected chi connectivity index (χ3v) is 3.79. The first-order valence-corrected chi connectivity index (χ1v) is 7.71. The normalized spacial score (nSPS) is 11.4. The molecule has 0 unspecified atom stereocenters. The lowest BCUT2D eigenvalue weighted by Gasteiger charge is -2.06. The van der Waals surface area contributed by atoms with Crippen molar-refractivity contribution >= 4 is 15.8 Å². The highest BCUT2D eigenvalue weighted by Gasteiger charge is 2.09. The molecule has 1 heterocycles. The lowest BCUT2D eigenvalue weighted by Crippen LogP contribution is -2.17. The molecule has 1 aromatic rings. The summed E-state index contributed by atoms with van der Waals surface area (Å²) in [4.78, 5) is 3.93. The molecule has 0 aromatic carbocycles. The molecule has 0 amide bonds. The topological polar surface area (TPSA) is 59.1 Å². The maximum absolute atomic E-state index is 11.7. The maximum Gasteiger partial charge on any atom is 0.233 e. The van der Waals surface area contributed by atoms with Gasteiger partial charge in [-0.25, -0.2) is 13.4 Å². The predicted molar refractivity (Wildman–Crippen MR) is 70.4 cm³/mol. The molecule has 0 atom stereocenters. The van der Waals surface area contributed by atoms with E-state index in [0.717, 1.165) is 12.8 Å². The van der Waals surface area contributed by atoms with Gasteiger partial charge in [-0.15, -0.1) is 0 Å². The van der Waals surface area contributed by atoms with Crippen molar-refractivity contribution in [1.29, 1.82) is 0 Å². The van der Waals surface area contributed by atoms with Gasteiger partial charge >= 0.3 is 0 Å². The fraction of sp³-hybridized carbons (Fsp3) is 0.583. The molecule has 4 nitrogen and oxygen atoms in total. The van der Waals surface area contributed by atoms with Gasteiger partial charge in [0.1, 0.15) is 5.82 Å². The molecule has 1 N–H and O–H groups in total. The van der Waals surface area contributed by atoms with Gasteiger partial charge in [-0.2, -0.15) is 0 Å². The van der Waals surface area contributed by atoms with Crippen LogP contribution in [0.15, 0.2) is 24.4 Å². The van der Waals surface area contributed by atoms with Crippen LogP contribution in [-0.2, 0) is 10.0 Å². The molecule has 1 rings (SSSR count). The van der Waals surface area contributed by atoms with Crippen molar-refractivity contribution < 1.29 is 8.42 Å². The highest BCUT2D eigenvalue weighted by Crippen LogP contribution is 2.07. The zero-order valence-electron chi connectivity index (χ0n) is 10.2. The van der Waals surface area contributed by atoms with Crippen molar-refractivity contribution in [3.63, 3.8) is 0 Å². The summed E-state index contributed by atoms with van der Waals surface area (Å²) in [6.45, 7) is 2.14. The molecule has 0 saturated heterocycles. The maximum atomic E-state index is 11.7. The average Bonchev–Trinajstić information content (AvgIpc) is 2.29. The first-order valence-electron chi connectivity index (χ1n) is 6.05. The summed E-state index contributed by atoms with van der Waals surface area (Å²) >= 11 is 0. The molecule has 1 aromatic heterocycles. The Hall–Kier alpha value is -1.10. The highest BCUT2D eigenvalue weighted by atomic mass is 32.2. The SMILES string of the molecule is CCCCCCCS(=O)(=O)Nc1ccccn1. The molecule has 0 spiro atoms. The minimum absolute atomic E-state index is 0.174. The summed E-state index contributed by atoms with van der Waals surface area (Å²) in [7, 11) is -3.23. The fourth-order valence-electron chi connectivity index (χ4n) is 1.53. The number of nitrogens with one attached hydrogen (secondary N) is 1. The molecule has 5 heteroatoms. The molecule has 0 saturated carbocycles. The fourth-order valence-corrected chi connectivity index (χ4v) is 2.65. The molecule has 0 aliphatic rings. The Kier molecular flexibility index (Phi) is 5.97. The minimum atomic E-state index is -3.23. The Morgan fingerprint density at radius 1 is 1.18 bits per heavy atom. The largest absolute Gasteiger partial charge is 0.267 e. The number of rotatable bonds is 8. The summed E-state index contributed by atoms with van der Waals surface area (Å²) in [5.41, 5.74) is 0. The molecular weight excluding hydrogens is 236 g/mol. The third-order valence-electron chi connectivity index (χ3n) is 2.44. The molecule has 17 heavy (non-hydrogen) atoms. The van der Waals surface area contributed by atoms with Gasteiger partial charge in [0.15, 0.2) is 0 Å². The second-order valence-corrected chi connectivity index (χ2v) is 5.89. The first kappa shape index (κ1) is 14.0. The van der Waals surface area contributed by atoms with Crippen LogP contribution in [0.25, 0.3) is 0 Å². The predicted octanol–water partition coefficient (Wildman–Crippen LogP) is 2.79. The van der Waals surface area contributed by atoms with Crippen LogP contribution in [-0.4, -0.2) is 19.2 Å². The van der Waals surface area contributed by atoms with Crippen molar-refractivity contribution in [2.24, 2.45) is 0 Å². The Morgan fingerprint density at radius 2 is 1.94 bits per heavy atom. The van der Waals surface area contributed by atoms with Gasteiger partial charge in [-0.3, -0.25) is 4.72 Å². The van der Waals surface area contributed by atoms with E-state index < -0.39 is 10.0 Å². The van der Waals surface area contributed by atoms with Gasteiger partial charge in [-0.05, 0) is 18.6 Å². The van der Waals surface area contributed by atoms with E-state index in [-0.39, 0.29) is 5.75 Å². The first-order chi connectivity index (χ1) is 8.14. The number of hydrogen-bond acceptors (Lipinski definition) is 3. The van der Waals surface area contributed by atoms with E-state index in [4.69, 9.17) is 0 Å². The van der Waals surface area contributed by atoms with Crippen LogP contribution in [0.2, 0.25) is 0 Å². The van der Waals surface area contributed by atoms with Crippen LogP contribution in [0.1, 0.15) is 39.0 Å². The summed E-state index contributed by atoms with van der Waals surface area (Å²) < 4.78 is 25.8. The molecule has 0 fully saturated rings. The van der Waals surface area contributed by atoms with Crippen molar-refractivity contribution in [2.45, 2.75) is 39.0 Å². The van der Waals surface area contributed by atoms with E-state index in [0.29, 0.717) is 12.2 Å². The number of nitrogens with zero attached hydrogens (tertiary/aromatic N) is 1. The minimum Gasteiger partial charge on any atom is -0.267 e. The van der Waals surface area contributed by atoms with Crippen LogP contribution in [0.5, 0.6) is 0 Å². The van der Waals surface area contributed by atoms with Gasteiger partial charge in [0.25, 0.3) is 0 Å². The third kappa shape index (κ3) is 6.26. The molecule has 96 valence electrons. The smallest absolute Gasteiger partial charge is 0.233 e. The summed E-state index contributed by atoms with van der Waals surface area (Å²) in [5.74, 6) is 0.564. The Bertz CT molecular complexity index is 404. The van der Waals surface area contributed by atoms with Gasteiger partial charge in [0.05, 0.1) is 5.75 Å². The highest BCUT2D eigenvalue weighted by molar-refractivity contribution is 7.92. The van der Waals surface area contributed by atoms with Gasteiger partial charge in [0, 0.05) is 6.20 Å². The number of pyridine rings is 1.